The highest BCUT2D eigenvalue weighted by Gasteiger charge is 2.16. The molecule has 0 radical (unpaired) electrons. The molecule has 0 amide bonds. The van der Waals surface area contributed by atoms with Gasteiger partial charge in [0.25, 0.3) is 0 Å². The average Bonchev–Trinajstić information content (AvgIpc) is 2.93. The van der Waals surface area contributed by atoms with Crippen LogP contribution in [-0.4, -0.2) is 13.1 Å². The maximum absolute atomic E-state index is 4.41. The molecule has 0 fully saturated rings. The topological polar surface area (TPSA) is 24.9 Å². The second-order valence-corrected chi connectivity index (χ2v) is 12.2. The predicted molar refractivity (Wildman–Crippen MR) is 91.4 cm³/mol. The average molecular weight is 305 g/mol. The molecule has 0 spiro atoms. The maximum atomic E-state index is 4.41. The van der Waals surface area contributed by atoms with Gasteiger partial charge in [0.2, 0.25) is 0 Å². The van der Waals surface area contributed by atoms with Crippen molar-refractivity contribution in [1.29, 1.82) is 0 Å². The Morgan fingerprint density at radius 2 is 1.90 bits per heavy atom. The molecule has 0 aliphatic rings. The van der Waals surface area contributed by atoms with Crippen molar-refractivity contribution in [2.75, 3.05) is 0 Å². The van der Waals surface area contributed by atoms with Crippen LogP contribution in [0.5, 0.6) is 0 Å². The molecule has 1 aromatic carbocycles. The molecule has 0 aliphatic heterocycles. The largest absolute Gasteiger partial charge is 0.304 e. The molecule has 0 aliphatic carbocycles. The minimum Gasteiger partial charge on any atom is -0.304 e. The van der Waals surface area contributed by atoms with Crippen molar-refractivity contribution in [2.45, 2.75) is 45.6 Å². The summed E-state index contributed by atoms with van der Waals surface area (Å²) in [7, 11) is -1.18. The number of hydrogen-bond donors (Lipinski definition) is 1. The van der Waals surface area contributed by atoms with Gasteiger partial charge in [-0.2, -0.15) is 0 Å². The number of nitrogens with one attached hydrogen (secondary N) is 1. The number of hydrogen-bond acceptors (Lipinski definition) is 3. The first-order valence-corrected chi connectivity index (χ1v) is 11.6. The van der Waals surface area contributed by atoms with Gasteiger partial charge in [0, 0.05) is 18.1 Å². The molecule has 1 N–H and O–H groups in total. The van der Waals surface area contributed by atoms with Crippen molar-refractivity contribution < 1.29 is 0 Å². The second kappa shape index (κ2) is 6.65. The molecule has 2 rings (SSSR count). The fraction of sp³-hybridized carbons (Fsp3) is 0.438. The van der Waals surface area contributed by atoms with Crippen LogP contribution in [0, 0.1) is 0 Å². The van der Waals surface area contributed by atoms with Crippen molar-refractivity contribution in [2.24, 2.45) is 0 Å². The van der Waals surface area contributed by atoms with Gasteiger partial charge in [0.15, 0.2) is 0 Å². The number of nitrogens with zero attached hydrogens (tertiary/aromatic N) is 1. The summed E-state index contributed by atoms with van der Waals surface area (Å²) >= 11 is 1.73. The molecule has 108 valence electrons. The lowest BCUT2D eigenvalue weighted by Gasteiger charge is -2.18. The third-order valence-electron chi connectivity index (χ3n) is 3.53. The molecule has 1 heterocycles. The summed E-state index contributed by atoms with van der Waals surface area (Å²) in [6.45, 7) is 10.3. The van der Waals surface area contributed by atoms with Crippen molar-refractivity contribution in [3.05, 3.63) is 46.4 Å². The Labute approximate surface area is 127 Å². The number of rotatable bonds is 6. The fourth-order valence-corrected chi connectivity index (χ4v) is 4.14. The molecule has 20 heavy (non-hydrogen) atoms. The third kappa shape index (κ3) is 4.01. The van der Waals surface area contributed by atoms with Gasteiger partial charge >= 0.3 is 0 Å². The monoisotopic (exact) mass is 304 g/mol. The Morgan fingerprint density at radius 3 is 2.40 bits per heavy atom. The first kappa shape index (κ1) is 15.4. The first-order valence-electron chi connectivity index (χ1n) is 7.23. The van der Waals surface area contributed by atoms with Crippen molar-refractivity contribution in [3.63, 3.8) is 0 Å². The van der Waals surface area contributed by atoms with E-state index in [9.17, 15) is 0 Å². The van der Waals surface area contributed by atoms with Gasteiger partial charge in [-0.15, -0.1) is 11.3 Å². The molecule has 0 saturated carbocycles. The van der Waals surface area contributed by atoms with Crippen LogP contribution in [0.4, 0.5) is 0 Å². The molecule has 4 heteroatoms. The van der Waals surface area contributed by atoms with Gasteiger partial charge in [-0.1, -0.05) is 56.0 Å². The first-order chi connectivity index (χ1) is 9.50. The van der Waals surface area contributed by atoms with E-state index in [0.29, 0.717) is 6.04 Å². The summed E-state index contributed by atoms with van der Waals surface area (Å²) in [5, 5.41) is 8.36. The Hall–Kier alpha value is -0.973. The zero-order valence-electron chi connectivity index (χ0n) is 12.8. The highest BCUT2D eigenvalue weighted by molar-refractivity contribution is 7.09. The van der Waals surface area contributed by atoms with E-state index in [1.54, 1.807) is 11.3 Å². The molecule has 2 nitrogen and oxygen atoms in total. The SMILES string of the molecule is CCC(NCc1ccc([Si](C)(C)C)cc1)c1nccs1. The summed E-state index contributed by atoms with van der Waals surface area (Å²) in [6, 6.07) is 9.48. The minimum absolute atomic E-state index is 0.367. The number of thiazole rings is 1. The molecule has 1 atom stereocenters. The lowest BCUT2D eigenvalue weighted by atomic mass is 10.2. The lowest BCUT2D eigenvalue weighted by Crippen LogP contribution is -2.37. The Morgan fingerprint density at radius 1 is 1.20 bits per heavy atom. The smallest absolute Gasteiger partial charge is 0.109 e. The van der Waals surface area contributed by atoms with E-state index in [1.165, 1.54) is 15.8 Å². The van der Waals surface area contributed by atoms with Crippen molar-refractivity contribution >= 4 is 24.6 Å². The van der Waals surface area contributed by atoms with Crippen LogP contribution in [0.15, 0.2) is 35.8 Å². The summed E-state index contributed by atoms with van der Waals surface area (Å²) in [6.07, 6.45) is 2.95. The van der Waals surface area contributed by atoms with E-state index in [0.717, 1.165) is 13.0 Å². The summed E-state index contributed by atoms with van der Waals surface area (Å²) in [4.78, 5) is 4.41. The minimum atomic E-state index is -1.18. The van der Waals surface area contributed by atoms with Crippen LogP contribution in [0.1, 0.15) is 30.0 Å². The van der Waals surface area contributed by atoms with Crippen LogP contribution in [0.25, 0.3) is 0 Å². The second-order valence-electron chi connectivity index (χ2n) is 6.16. The zero-order chi connectivity index (χ0) is 14.6. The molecular weight excluding hydrogens is 280 g/mol. The van der Waals surface area contributed by atoms with Gasteiger partial charge in [-0.25, -0.2) is 4.98 Å². The summed E-state index contributed by atoms with van der Waals surface area (Å²) < 4.78 is 0. The lowest BCUT2D eigenvalue weighted by molar-refractivity contribution is 0.517. The van der Waals surface area contributed by atoms with E-state index in [-0.39, 0.29) is 0 Å². The number of benzene rings is 1. The van der Waals surface area contributed by atoms with Gasteiger partial charge in [0.05, 0.1) is 14.1 Å². The quantitative estimate of drug-likeness (QED) is 0.818. The zero-order valence-corrected chi connectivity index (χ0v) is 14.6. The van der Waals surface area contributed by atoms with E-state index in [4.69, 9.17) is 0 Å². The molecule has 2 aromatic rings. The molecule has 0 saturated heterocycles. The van der Waals surface area contributed by atoms with Crippen LogP contribution in [0.2, 0.25) is 19.6 Å². The Bertz CT molecular complexity index is 514. The van der Waals surface area contributed by atoms with Gasteiger partial charge in [-0.3, -0.25) is 0 Å². The van der Waals surface area contributed by atoms with Crippen LogP contribution in [0.3, 0.4) is 0 Å². The van der Waals surface area contributed by atoms with Crippen LogP contribution < -0.4 is 10.5 Å². The highest BCUT2D eigenvalue weighted by Crippen LogP contribution is 2.19. The van der Waals surface area contributed by atoms with Crippen LogP contribution in [-0.2, 0) is 6.54 Å². The Balaban J connectivity index is 1.97. The third-order valence-corrected chi connectivity index (χ3v) is 6.48. The highest BCUT2D eigenvalue weighted by atomic mass is 32.1. The fourth-order valence-electron chi connectivity index (χ4n) is 2.18. The van der Waals surface area contributed by atoms with Gasteiger partial charge in [0.1, 0.15) is 5.01 Å². The maximum Gasteiger partial charge on any atom is 0.109 e. The van der Waals surface area contributed by atoms with Gasteiger partial charge in [-0.05, 0) is 12.0 Å². The van der Waals surface area contributed by atoms with Crippen molar-refractivity contribution in [3.8, 4) is 0 Å². The Kier molecular flexibility index (Phi) is 5.13. The summed E-state index contributed by atoms with van der Waals surface area (Å²) in [5.41, 5.74) is 1.35. The van der Waals surface area contributed by atoms with Crippen molar-refractivity contribution in [1.82, 2.24) is 10.3 Å². The molecule has 1 unspecified atom stereocenters. The van der Waals surface area contributed by atoms with E-state index in [2.05, 4.69) is 61.1 Å². The molecule has 0 bridgehead atoms. The summed E-state index contributed by atoms with van der Waals surface area (Å²) in [5.74, 6) is 0. The van der Waals surface area contributed by atoms with E-state index >= 15 is 0 Å². The van der Waals surface area contributed by atoms with Crippen LogP contribution >= 0.6 is 11.3 Å². The normalized spacial score (nSPS) is 13.4. The van der Waals surface area contributed by atoms with Gasteiger partial charge < -0.3 is 5.32 Å². The standard InChI is InChI=1S/C16H24N2SSi/c1-5-15(16-17-10-11-19-16)18-12-13-6-8-14(9-7-13)20(2,3)4/h6-11,15,18H,5,12H2,1-4H3. The molecule has 1 aromatic heterocycles. The number of aromatic nitrogens is 1. The molecular formula is C16H24N2SSi. The predicted octanol–water partition coefficient (Wildman–Crippen LogP) is 3.93. The van der Waals surface area contributed by atoms with E-state index in [1.807, 2.05) is 11.6 Å². The van der Waals surface area contributed by atoms with E-state index < -0.39 is 8.07 Å².